The molecule has 0 N–H and O–H groups in total. The molecule has 0 saturated carbocycles. The Balaban J connectivity index is 0.00000399. The normalized spacial score (nSPS) is 15.2. The van der Waals surface area contributed by atoms with Crippen LogP contribution in [0.4, 0.5) is 0 Å². The van der Waals surface area contributed by atoms with Gasteiger partial charge in [-0.05, 0) is 70.1 Å². The van der Waals surface area contributed by atoms with Crippen molar-refractivity contribution in [3.63, 3.8) is 0 Å². The van der Waals surface area contributed by atoms with E-state index in [1.165, 1.54) is 48.5 Å². The van der Waals surface area contributed by atoms with Crippen LogP contribution in [0.15, 0.2) is 48.5 Å². The molecule has 0 saturated heterocycles. The first-order valence-corrected chi connectivity index (χ1v) is 17.5. The Morgan fingerprint density at radius 1 is 0.279 bits per heavy atom. The number of rotatable bonds is 0. The number of hydrogen-bond acceptors (Lipinski definition) is 18. The molecule has 61 heavy (non-hydrogen) atoms. The second-order valence-corrected chi connectivity index (χ2v) is 14.0. The number of benzene rings is 4. The molecule has 1 radical (unpaired) electrons. The largest absolute Gasteiger partial charge is 2.00 e. The van der Waals surface area contributed by atoms with Gasteiger partial charge in [0.25, 0.3) is 0 Å². The van der Waals surface area contributed by atoms with Crippen molar-refractivity contribution in [3.8, 4) is 45.6 Å². The van der Waals surface area contributed by atoms with Crippen molar-refractivity contribution in [1.29, 1.82) is 0 Å². The van der Waals surface area contributed by atoms with Crippen LogP contribution in [0.25, 0.3) is 89.7 Å². The molecule has 289 valence electrons. The van der Waals surface area contributed by atoms with Gasteiger partial charge in [-0.25, -0.2) is 48.3 Å². The summed E-state index contributed by atoms with van der Waals surface area (Å²) < 4.78 is 19.4. The number of hydrogen-bond donors (Lipinski definition) is 0. The Kier molecular flexibility index (Phi) is 6.35. The van der Waals surface area contributed by atoms with E-state index in [1.54, 1.807) is 0 Å². The number of cyclic esters (lactones) is 8. The van der Waals surface area contributed by atoms with Gasteiger partial charge in [0.05, 0.1) is 67.8 Å². The predicted molar refractivity (Wildman–Crippen MR) is 193 cm³/mol. The van der Waals surface area contributed by atoms with Crippen molar-refractivity contribution in [2.45, 2.75) is 0 Å². The van der Waals surface area contributed by atoms with Crippen LogP contribution >= 0.6 is 0 Å². The van der Waals surface area contributed by atoms with Gasteiger partial charge < -0.3 is 48.9 Å². The first kappa shape index (κ1) is 34.4. The second-order valence-electron chi connectivity index (χ2n) is 14.0. The van der Waals surface area contributed by atoms with Gasteiger partial charge in [0.2, 0.25) is 0 Å². The van der Waals surface area contributed by atoms with Gasteiger partial charge in [-0.2, -0.15) is 0 Å². The van der Waals surface area contributed by atoms with Crippen molar-refractivity contribution >= 4 is 91.9 Å². The van der Waals surface area contributed by atoms with Crippen molar-refractivity contribution in [2.24, 2.45) is 0 Å². The Morgan fingerprint density at radius 3 is 0.689 bits per heavy atom. The van der Waals surface area contributed by atoms with Gasteiger partial charge in [0, 0.05) is 44.8 Å². The van der Waals surface area contributed by atoms with Crippen LogP contribution in [0.5, 0.6) is 0 Å². The van der Waals surface area contributed by atoms with E-state index in [2.05, 4.69) is 19.9 Å². The zero-order chi connectivity index (χ0) is 40.6. The van der Waals surface area contributed by atoms with Crippen LogP contribution in [0, 0.1) is 0 Å². The summed E-state index contributed by atoms with van der Waals surface area (Å²) in [6.07, 6.45) is 0. The number of carbonyl (C=O) groups is 8. The summed E-state index contributed by atoms with van der Waals surface area (Å²) in [6, 6.07) is 10.9. The Labute approximate surface area is 343 Å². The molecule has 0 atom stereocenters. The Bertz CT molecular complexity index is 3270. The molecule has 0 spiro atoms. The van der Waals surface area contributed by atoms with E-state index in [9.17, 15) is 38.4 Å². The quantitative estimate of drug-likeness (QED) is 0.120. The molecule has 8 bridgehead atoms. The molecule has 3 aromatic heterocycles. The molecule has 0 unspecified atom stereocenters. The van der Waals surface area contributed by atoms with Crippen molar-refractivity contribution in [2.75, 3.05) is 0 Å². The minimum Gasteiger partial charge on any atom is -0.386 e. The first-order chi connectivity index (χ1) is 28.9. The van der Waals surface area contributed by atoms with E-state index < -0.39 is 47.8 Å². The summed E-state index contributed by atoms with van der Waals surface area (Å²) >= 11 is 0. The van der Waals surface area contributed by atoms with E-state index in [-0.39, 0.29) is 151 Å². The smallest absolute Gasteiger partial charge is 0.386 e. The van der Waals surface area contributed by atoms with E-state index >= 15 is 0 Å². The Morgan fingerprint density at radius 2 is 0.475 bits per heavy atom. The molecule has 13 rings (SSSR count). The number of nitrogens with zero attached hydrogens (tertiary/aromatic N) is 8. The number of fused-ring (bicyclic) bond motifs is 24. The second kappa shape index (κ2) is 11.3. The summed E-state index contributed by atoms with van der Waals surface area (Å²) in [5.41, 5.74) is 0.0642. The van der Waals surface area contributed by atoms with Crippen LogP contribution < -0.4 is 9.97 Å². The molecule has 20 nitrogen and oxygen atoms in total. The monoisotopic (exact) mass is 851 g/mol. The van der Waals surface area contributed by atoms with Gasteiger partial charge in [0.1, 0.15) is 0 Å². The van der Waals surface area contributed by atoms with Crippen LogP contribution in [0.2, 0.25) is 0 Å². The summed E-state index contributed by atoms with van der Waals surface area (Å²) in [5.74, 6) is -7.48. The molecule has 9 heterocycles. The van der Waals surface area contributed by atoms with Crippen molar-refractivity contribution < 1.29 is 74.1 Å². The zero-order valence-corrected chi connectivity index (χ0v) is 30.5. The number of aromatic nitrogens is 8. The average molecular weight is 851 g/mol. The summed E-state index contributed by atoms with van der Waals surface area (Å²) in [4.78, 5) is 140. The van der Waals surface area contributed by atoms with Crippen molar-refractivity contribution in [3.05, 3.63) is 93.0 Å². The number of esters is 8. The minimum atomic E-state index is -0.903. The van der Waals surface area contributed by atoms with Gasteiger partial charge in [0.15, 0.2) is 0 Å². The van der Waals surface area contributed by atoms with Gasteiger partial charge >= 0.3 is 64.5 Å². The fraction of sp³-hybridized carbons (Fsp3) is 0. The standard InChI is InChI=1S/C40H10N8O12.Co/c49-33-17-1-9-10(2-18(17)34(50)57-33)26-41-25(9)45-27-11-3-19-20(36(52)58-35(19)51)4-12(11)29(42-27)47-31-15-7-23-24(40(56)60-39(23)55)8-16(15)32(44-31)48-30-14-6-22-21(37(53)59-38(22)54)5-13(14)28(43-30)46-26;/h1-8H,(H2,41,42,43,44,45,46,47,48,49,50,51,52,53,54,55,56);/q;+2/p-2. The van der Waals surface area contributed by atoms with E-state index in [4.69, 9.17) is 38.9 Å². The fourth-order valence-electron chi connectivity index (χ4n) is 7.97. The molecule has 6 aliphatic heterocycles. The molecular weight excluding hydrogens is 843 g/mol. The molecule has 7 aromatic rings. The zero-order valence-electron chi connectivity index (χ0n) is 29.4. The van der Waals surface area contributed by atoms with Crippen LogP contribution in [-0.4, -0.2) is 77.7 Å². The maximum Gasteiger partial charge on any atom is 2.00 e. The number of ether oxygens (including phenoxy) is 4. The van der Waals surface area contributed by atoms with Gasteiger partial charge in [-0.1, -0.05) is 0 Å². The minimum absolute atomic E-state index is 0. The first-order valence-electron chi connectivity index (χ1n) is 17.5. The molecule has 0 fully saturated rings. The molecule has 21 heteroatoms. The molecular formula is C40H8CoN8O12. The van der Waals surface area contributed by atoms with Crippen LogP contribution in [-0.2, 0) is 35.7 Å². The topological polar surface area (TPSA) is 279 Å². The van der Waals surface area contributed by atoms with E-state index in [0.717, 1.165) is 0 Å². The maximum atomic E-state index is 12.7. The summed E-state index contributed by atoms with van der Waals surface area (Å²) in [7, 11) is 0. The molecule has 0 aliphatic carbocycles. The third-order valence-electron chi connectivity index (χ3n) is 10.8. The van der Waals surface area contributed by atoms with E-state index in [1.807, 2.05) is 0 Å². The van der Waals surface area contributed by atoms with Gasteiger partial charge in [-0.3, -0.25) is 0 Å². The predicted octanol–water partition coefficient (Wildman–Crippen LogP) is 3.37. The molecule has 4 aromatic carbocycles. The molecule has 0 amide bonds. The summed E-state index contributed by atoms with van der Waals surface area (Å²) in [5, 5.41) is 0.863. The van der Waals surface area contributed by atoms with Crippen LogP contribution in [0.1, 0.15) is 82.9 Å². The molecule has 6 aliphatic rings. The fourth-order valence-corrected chi connectivity index (χ4v) is 7.97. The van der Waals surface area contributed by atoms with Gasteiger partial charge in [-0.15, -0.1) is 0 Å². The maximum absolute atomic E-state index is 12.7. The van der Waals surface area contributed by atoms with Crippen molar-refractivity contribution in [1.82, 2.24) is 39.9 Å². The van der Waals surface area contributed by atoms with E-state index in [0.29, 0.717) is 0 Å². The third kappa shape index (κ3) is 4.46. The van der Waals surface area contributed by atoms with Crippen LogP contribution in [0.3, 0.4) is 0 Å². The Hall–Kier alpha value is -8.69. The SMILES string of the molecule is O=C1OC(=O)c2cc3c(cc21)-c1nc-3nc2[n-]c(nc3nc(nc4[n-]c(n1)c1cc5c(cc41)C(=O)OC5=O)-c1cc4c(cc1-3)C(=O)OC4=O)c1cc3c(cc21)C(=O)OC3=O.[Co+2]. The average Bonchev–Trinajstić information content (AvgIpc) is 4.10. The summed E-state index contributed by atoms with van der Waals surface area (Å²) in [6.45, 7) is 0. The third-order valence-corrected chi connectivity index (χ3v) is 10.8. The number of carbonyl (C=O) groups excluding carboxylic acids is 8.